The lowest BCUT2D eigenvalue weighted by Gasteiger charge is -2.32. The van der Waals surface area contributed by atoms with E-state index in [0.29, 0.717) is 0 Å². The normalized spacial score (nSPS) is 15.7. The van der Waals surface area contributed by atoms with Crippen molar-refractivity contribution in [3.63, 3.8) is 0 Å². The topological polar surface area (TPSA) is 34.6 Å². The second-order valence-electron chi connectivity index (χ2n) is 14.8. The Morgan fingerprint density at radius 1 is 0.574 bits per heavy atom. The molecule has 0 amide bonds. The molecule has 0 saturated carbocycles. The number of hydrogen-bond acceptors (Lipinski definition) is 2. The molecule has 0 fully saturated rings. The van der Waals surface area contributed by atoms with Crippen LogP contribution in [-0.4, -0.2) is 18.8 Å². The summed E-state index contributed by atoms with van der Waals surface area (Å²) in [6, 6.07) is 26.5. The van der Waals surface area contributed by atoms with E-state index in [9.17, 15) is 0 Å². The molecule has 0 spiro atoms. The van der Waals surface area contributed by atoms with E-state index in [1.165, 1.54) is 82.7 Å². The number of rotatable bonds is 0. The minimum Gasteiger partial charge on any atom is -0.296 e. The SMILES string of the molecule is C.Cc1ccc2c3c1c1ccccc1c1nc(Br)c(n13)CC2(C)C.Cc1nc2c3ccccc3c3c(C)ccc4c3n2c1CC4(C)C. The van der Waals surface area contributed by atoms with E-state index in [2.05, 4.69) is 146 Å². The maximum Gasteiger partial charge on any atom is 0.146 e. The zero-order valence-corrected chi connectivity index (χ0v) is 29.1. The number of aryl methyl sites for hydroxylation is 3. The molecule has 0 N–H and O–H groups in total. The molecule has 0 aliphatic carbocycles. The zero-order valence-electron chi connectivity index (χ0n) is 27.5. The first-order valence-corrected chi connectivity index (χ1v) is 17.1. The summed E-state index contributed by atoms with van der Waals surface area (Å²) in [5, 5.41) is 7.86. The van der Waals surface area contributed by atoms with E-state index in [1.54, 1.807) is 0 Å². The third kappa shape index (κ3) is 3.93. The van der Waals surface area contributed by atoms with Crippen molar-refractivity contribution in [3.05, 3.63) is 117 Å². The third-order valence-corrected chi connectivity index (χ3v) is 11.5. The lowest BCUT2D eigenvalue weighted by atomic mass is 9.76. The van der Waals surface area contributed by atoms with Crippen LogP contribution in [-0.2, 0) is 23.7 Å². The largest absolute Gasteiger partial charge is 0.296 e. The molecule has 0 atom stereocenters. The van der Waals surface area contributed by atoms with Gasteiger partial charge in [-0.15, -0.1) is 0 Å². The Balaban J connectivity index is 0.000000135. The molecule has 4 nitrogen and oxygen atoms in total. The van der Waals surface area contributed by atoms with Gasteiger partial charge in [-0.3, -0.25) is 8.80 Å². The van der Waals surface area contributed by atoms with E-state index in [0.717, 1.165) is 28.7 Å². The molecule has 4 aromatic heterocycles. The quantitative estimate of drug-likeness (QED) is 0.149. The molecule has 0 radical (unpaired) electrons. The maximum atomic E-state index is 4.95. The Morgan fingerprint density at radius 3 is 1.51 bits per heavy atom. The molecule has 0 bridgehead atoms. The highest BCUT2D eigenvalue weighted by Crippen LogP contribution is 2.45. The Labute approximate surface area is 284 Å². The highest BCUT2D eigenvalue weighted by Gasteiger charge is 2.35. The standard InChI is InChI=1S/C21H20N2.C20H17BrN2.CH4/c1-12-9-10-16-19-18(12)14-7-5-6-8-15(14)20-22-13(2)17(23(19)20)11-21(16,3)4;1-11-8-9-14-17-16(11)12-6-4-5-7-13(12)19-22-18(21)15(23(17)19)10-20(14,2)3;/h5-10H,11H2,1-4H3;4-9H,10H2,1-3H3;1H4. The summed E-state index contributed by atoms with van der Waals surface area (Å²) >= 11 is 3.71. The van der Waals surface area contributed by atoms with Crippen LogP contribution in [0.5, 0.6) is 0 Å². The van der Waals surface area contributed by atoms with Crippen molar-refractivity contribution in [2.75, 3.05) is 0 Å². The van der Waals surface area contributed by atoms with Crippen LogP contribution < -0.4 is 0 Å². The van der Waals surface area contributed by atoms with Crippen LogP contribution in [0.1, 0.15) is 74.5 Å². The Kier molecular flexibility index (Phi) is 6.35. The molecule has 2 aliphatic heterocycles. The highest BCUT2D eigenvalue weighted by molar-refractivity contribution is 9.10. The molecular formula is C42H41BrN4. The second-order valence-corrected chi connectivity index (χ2v) is 15.6. The molecule has 8 aromatic rings. The van der Waals surface area contributed by atoms with Crippen molar-refractivity contribution in [2.45, 2.75) is 79.6 Å². The molecule has 47 heavy (non-hydrogen) atoms. The van der Waals surface area contributed by atoms with Crippen molar-refractivity contribution in [1.82, 2.24) is 18.8 Å². The van der Waals surface area contributed by atoms with Crippen LogP contribution in [0.4, 0.5) is 0 Å². The van der Waals surface area contributed by atoms with Gasteiger partial charge in [0, 0.05) is 33.7 Å². The van der Waals surface area contributed by atoms with Crippen molar-refractivity contribution in [3.8, 4) is 0 Å². The minimum atomic E-state index is 0. The summed E-state index contributed by atoms with van der Waals surface area (Å²) in [6.45, 7) is 16.0. The summed E-state index contributed by atoms with van der Waals surface area (Å²) in [5.41, 5.74) is 14.5. The molecule has 6 heterocycles. The molecule has 4 aromatic carbocycles. The Hall–Kier alpha value is -4.22. The molecule has 236 valence electrons. The van der Waals surface area contributed by atoms with Gasteiger partial charge in [0.1, 0.15) is 15.9 Å². The number of benzene rings is 4. The fraction of sp³-hybridized carbons (Fsp3) is 0.286. The lowest BCUT2D eigenvalue weighted by Crippen LogP contribution is -2.27. The lowest BCUT2D eigenvalue weighted by molar-refractivity contribution is 0.504. The van der Waals surface area contributed by atoms with E-state index < -0.39 is 0 Å². The van der Waals surface area contributed by atoms with E-state index in [-0.39, 0.29) is 18.3 Å². The number of fused-ring (bicyclic) bond motifs is 6. The van der Waals surface area contributed by atoms with Crippen molar-refractivity contribution < 1.29 is 0 Å². The van der Waals surface area contributed by atoms with Gasteiger partial charge in [-0.1, -0.05) is 108 Å². The summed E-state index contributed by atoms with van der Waals surface area (Å²) in [4.78, 5) is 9.82. The molecule has 10 rings (SSSR count). The van der Waals surface area contributed by atoms with Gasteiger partial charge in [-0.25, -0.2) is 9.97 Å². The number of imidazole rings is 2. The summed E-state index contributed by atoms with van der Waals surface area (Å²) in [6.07, 6.45) is 2.04. The molecule has 5 heteroatoms. The summed E-state index contributed by atoms with van der Waals surface area (Å²) in [5.74, 6) is 0. The van der Waals surface area contributed by atoms with E-state index >= 15 is 0 Å². The first-order chi connectivity index (χ1) is 22.0. The zero-order chi connectivity index (χ0) is 31.9. The minimum absolute atomic E-state index is 0. The molecular weight excluding hydrogens is 640 g/mol. The van der Waals surface area contributed by atoms with Crippen molar-refractivity contribution in [2.24, 2.45) is 0 Å². The van der Waals surface area contributed by atoms with Gasteiger partial charge in [0.05, 0.1) is 22.4 Å². The number of pyridine rings is 2. The van der Waals surface area contributed by atoms with Crippen molar-refractivity contribution >= 4 is 70.6 Å². The van der Waals surface area contributed by atoms with Gasteiger partial charge in [-0.2, -0.15) is 0 Å². The third-order valence-electron chi connectivity index (χ3n) is 10.9. The molecule has 2 aliphatic rings. The second kappa shape index (κ2) is 9.90. The van der Waals surface area contributed by atoms with Crippen molar-refractivity contribution in [1.29, 1.82) is 0 Å². The Morgan fingerprint density at radius 2 is 1.00 bits per heavy atom. The van der Waals surface area contributed by atoms with Gasteiger partial charge < -0.3 is 0 Å². The smallest absolute Gasteiger partial charge is 0.146 e. The van der Waals surface area contributed by atoms with Crippen LogP contribution in [0.25, 0.3) is 54.6 Å². The maximum absolute atomic E-state index is 4.95. The Bertz CT molecular complexity index is 2450. The average Bonchev–Trinajstić information content (AvgIpc) is 3.53. The average molecular weight is 682 g/mol. The number of halogens is 1. The van der Waals surface area contributed by atoms with Gasteiger partial charge in [-0.05, 0) is 87.0 Å². The van der Waals surface area contributed by atoms with Crippen LogP contribution in [0, 0.1) is 20.8 Å². The highest BCUT2D eigenvalue weighted by atomic mass is 79.9. The van der Waals surface area contributed by atoms with E-state index in [1.807, 2.05) is 0 Å². The molecule has 0 unspecified atom stereocenters. The van der Waals surface area contributed by atoms with Crippen LogP contribution in [0.2, 0.25) is 0 Å². The first kappa shape index (κ1) is 30.1. The monoisotopic (exact) mass is 680 g/mol. The van der Waals surface area contributed by atoms with Crippen LogP contribution in [0.3, 0.4) is 0 Å². The first-order valence-electron chi connectivity index (χ1n) is 16.3. The number of hydrogen-bond donors (Lipinski definition) is 0. The van der Waals surface area contributed by atoms with Gasteiger partial charge in [0.15, 0.2) is 0 Å². The number of nitrogens with zero attached hydrogens (tertiary/aromatic N) is 4. The van der Waals surface area contributed by atoms with Crippen LogP contribution >= 0.6 is 15.9 Å². The predicted molar refractivity (Wildman–Crippen MR) is 203 cm³/mol. The fourth-order valence-corrected chi connectivity index (χ4v) is 9.12. The number of aromatic nitrogens is 4. The fourth-order valence-electron chi connectivity index (χ4n) is 8.63. The summed E-state index contributed by atoms with van der Waals surface area (Å²) < 4.78 is 5.80. The summed E-state index contributed by atoms with van der Waals surface area (Å²) in [7, 11) is 0. The predicted octanol–water partition coefficient (Wildman–Crippen LogP) is 11.3. The van der Waals surface area contributed by atoms with Crippen LogP contribution in [0.15, 0.2) is 77.4 Å². The molecule has 0 saturated heterocycles. The van der Waals surface area contributed by atoms with E-state index in [4.69, 9.17) is 9.97 Å². The van der Waals surface area contributed by atoms with Gasteiger partial charge in [0.2, 0.25) is 0 Å². The van der Waals surface area contributed by atoms with Gasteiger partial charge in [0.25, 0.3) is 0 Å². The van der Waals surface area contributed by atoms with Gasteiger partial charge >= 0.3 is 0 Å².